The van der Waals surface area contributed by atoms with Crippen molar-refractivity contribution in [3.8, 4) is 0 Å². The van der Waals surface area contributed by atoms with Gasteiger partial charge in [0.25, 0.3) is 0 Å². The molecule has 1 aromatic heterocycles. The number of amides is 1. The molecule has 1 heterocycles. The molecule has 0 radical (unpaired) electrons. The normalized spacial score (nSPS) is 13.0. The number of carbonyl (C=O) groups excluding carboxylic acids is 1. The highest BCUT2D eigenvalue weighted by Crippen LogP contribution is 2.18. The van der Waals surface area contributed by atoms with Gasteiger partial charge in [-0.1, -0.05) is 6.92 Å². The van der Waals surface area contributed by atoms with E-state index in [0.717, 1.165) is 12.5 Å². The monoisotopic (exact) mass is 466 g/mol. The smallest absolute Gasteiger partial charge is 0.240 e. The molecular formula is C17H31IN4OS. The lowest BCUT2D eigenvalue weighted by Gasteiger charge is -2.25. The summed E-state index contributed by atoms with van der Waals surface area (Å²) in [6.07, 6.45) is 0. The first-order valence-corrected chi connectivity index (χ1v) is 8.99. The van der Waals surface area contributed by atoms with E-state index in [1.54, 1.807) is 11.3 Å². The molecule has 1 amide bonds. The standard InChI is InChI=1S/C17H30N4OS.HI/c1-7-18-16(19-10-13(2)14-8-9-23-12-14)21(6)11-15(22)20-17(3,4)5;/h8-9,12-13H,7,10-11H2,1-6H3,(H,18,19)(H,20,22);1H. The molecule has 0 fully saturated rings. The first-order chi connectivity index (χ1) is 10.7. The van der Waals surface area contributed by atoms with Gasteiger partial charge < -0.3 is 15.5 Å². The third kappa shape index (κ3) is 8.86. The average Bonchev–Trinajstić information content (AvgIpc) is 2.94. The van der Waals surface area contributed by atoms with Gasteiger partial charge in [-0.3, -0.25) is 9.79 Å². The number of nitrogens with zero attached hydrogens (tertiary/aromatic N) is 2. The first-order valence-electron chi connectivity index (χ1n) is 8.05. The van der Waals surface area contributed by atoms with Crippen molar-refractivity contribution in [3.05, 3.63) is 22.4 Å². The van der Waals surface area contributed by atoms with Crippen LogP contribution in [0, 0.1) is 0 Å². The van der Waals surface area contributed by atoms with Crippen LogP contribution in [0.3, 0.4) is 0 Å². The van der Waals surface area contributed by atoms with Crippen molar-refractivity contribution >= 4 is 47.2 Å². The number of guanidine groups is 1. The number of aliphatic imine (C=N–C) groups is 1. The van der Waals surface area contributed by atoms with Gasteiger partial charge in [-0.2, -0.15) is 11.3 Å². The molecule has 0 aliphatic heterocycles. The zero-order valence-electron chi connectivity index (χ0n) is 15.5. The molecule has 1 aromatic rings. The lowest BCUT2D eigenvalue weighted by molar-refractivity contribution is -0.122. The van der Waals surface area contributed by atoms with Crippen molar-refractivity contribution in [1.82, 2.24) is 15.5 Å². The molecule has 0 bridgehead atoms. The number of thiophene rings is 1. The summed E-state index contributed by atoms with van der Waals surface area (Å²) >= 11 is 1.70. The van der Waals surface area contributed by atoms with E-state index < -0.39 is 0 Å². The Morgan fingerprint density at radius 2 is 2.08 bits per heavy atom. The summed E-state index contributed by atoms with van der Waals surface area (Å²) in [5.74, 6) is 1.13. The number of rotatable bonds is 6. The topological polar surface area (TPSA) is 56.7 Å². The summed E-state index contributed by atoms with van der Waals surface area (Å²) in [7, 11) is 1.89. The molecule has 7 heteroatoms. The number of halogens is 1. The van der Waals surface area contributed by atoms with Crippen LogP contribution in [0.2, 0.25) is 0 Å². The molecule has 0 aliphatic carbocycles. The van der Waals surface area contributed by atoms with Crippen LogP contribution in [0.5, 0.6) is 0 Å². The fraction of sp³-hybridized carbons (Fsp3) is 0.647. The van der Waals surface area contributed by atoms with Gasteiger partial charge in [0.1, 0.15) is 0 Å². The molecule has 1 unspecified atom stereocenters. The summed E-state index contributed by atoms with van der Waals surface area (Å²) < 4.78 is 0. The van der Waals surface area contributed by atoms with E-state index in [1.165, 1.54) is 5.56 Å². The number of carbonyl (C=O) groups is 1. The maximum absolute atomic E-state index is 12.1. The van der Waals surface area contributed by atoms with Crippen LogP contribution in [0.25, 0.3) is 0 Å². The average molecular weight is 466 g/mol. The van der Waals surface area contributed by atoms with E-state index in [-0.39, 0.29) is 42.0 Å². The van der Waals surface area contributed by atoms with Crippen molar-refractivity contribution in [2.75, 3.05) is 26.7 Å². The minimum Gasteiger partial charge on any atom is -0.357 e. The SMILES string of the molecule is CCNC(=NCC(C)c1ccsc1)N(C)CC(=O)NC(C)(C)C.I. The molecule has 1 rings (SSSR count). The van der Waals surface area contributed by atoms with Gasteiger partial charge in [0.05, 0.1) is 6.54 Å². The molecule has 0 aromatic carbocycles. The summed E-state index contributed by atoms with van der Waals surface area (Å²) in [6, 6.07) is 2.14. The van der Waals surface area contributed by atoms with Crippen molar-refractivity contribution in [2.24, 2.45) is 4.99 Å². The van der Waals surface area contributed by atoms with Crippen molar-refractivity contribution in [1.29, 1.82) is 0 Å². The molecule has 0 saturated carbocycles. The number of hydrogen-bond donors (Lipinski definition) is 2. The van der Waals surface area contributed by atoms with Crippen LogP contribution >= 0.6 is 35.3 Å². The van der Waals surface area contributed by atoms with Crippen LogP contribution in [0.15, 0.2) is 21.8 Å². The van der Waals surface area contributed by atoms with Gasteiger partial charge in [0.15, 0.2) is 5.96 Å². The first kappa shape index (κ1) is 23.2. The zero-order valence-corrected chi connectivity index (χ0v) is 18.7. The van der Waals surface area contributed by atoms with E-state index in [1.807, 2.05) is 39.6 Å². The fourth-order valence-electron chi connectivity index (χ4n) is 2.10. The van der Waals surface area contributed by atoms with Crippen LogP contribution in [-0.2, 0) is 4.79 Å². The highest BCUT2D eigenvalue weighted by molar-refractivity contribution is 14.0. The Kier molecular flexibility index (Phi) is 10.5. The maximum atomic E-state index is 12.1. The predicted molar refractivity (Wildman–Crippen MR) is 115 cm³/mol. The third-order valence-electron chi connectivity index (χ3n) is 3.22. The van der Waals surface area contributed by atoms with Crippen LogP contribution in [-0.4, -0.2) is 49.0 Å². The Balaban J connectivity index is 0.00000529. The van der Waals surface area contributed by atoms with Gasteiger partial charge in [-0.05, 0) is 50.1 Å². The lowest BCUT2D eigenvalue weighted by atomic mass is 10.1. The van der Waals surface area contributed by atoms with Crippen LogP contribution in [0.1, 0.15) is 46.1 Å². The number of likely N-dealkylation sites (N-methyl/N-ethyl adjacent to an activating group) is 1. The summed E-state index contributed by atoms with van der Waals surface area (Å²) in [6.45, 7) is 11.9. The molecular weight excluding hydrogens is 435 g/mol. The molecule has 0 saturated heterocycles. The second kappa shape index (κ2) is 10.9. The van der Waals surface area contributed by atoms with Crippen LogP contribution in [0.4, 0.5) is 0 Å². The second-order valence-electron chi connectivity index (χ2n) is 6.81. The van der Waals surface area contributed by atoms with Crippen LogP contribution < -0.4 is 10.6 Å². The van der Waals surface area contributed by atoms with Gasteiger partial charge >= 0.3 is 0 Å². The molecule has 138 valence electrons. The number of hydrogen-bond acceptors (Lipinski definition) is 3. The van der Waals surface area contributed by atoms with Gasteiger partial charge in [0.2, 0.25) is 5.91 Å². The largest absolute Gasteiger partial charge is 0.357 e. The maximum Gasteiger partial charge on any atom is 0.240 e. The highest BCUT2D eigenvalue weighted by Gasteiger charge is 2.17. The second-order valence-corrected chi connectivity index (χ2v) is 7.59. The fourth-order valence-corrected chi connectivity index (χ4v) is 2.88. The van der Waals surface area contributed by atoms with Crippen molar-refractivity contribution in [3.63, 3.8) is 0 Å². The van der Waals surface area contributed by atoms with E-state index in [4.69, 9.17) is 0 Å². The molecule has 2 N–H and O–H groups in total. The van der Waals surface area contributed by atoms with Crippen molar-refractivity contribution in [2.45, 2.75) is 46.1 Å². The Bertz CT molecular complexity index is 511. The molecule has 5 nitrogen and oxygen atoms in total. The van der Waals surface area contributed by atoms with E-state index in [9.17, 15) is 4.79 Å². The Morgan fingerprint density at radius 1 is 1.42 bits per heavy atom. The molecule has 0 spiro atoms. The third-order valence-corrected chi connectivity index (χ3v) is 3.92. The lowest BCUT2D eigenvalue weighted by Crippen LogP contribution is -2.48. The Hall–Kier alpha value is -0.830. The zero-order chi connectivity index (χ0) is 17.5. The van der Waals surface area contributed by atoms with E-state index >= 15 is 0 Å². The minimum atomic E-state index is -0.221. The number of nitrogens with one attached hydrogen (secondary N) is 2. The molecule has 1 atom stereocenters. The van der Waals surface area contributed by atoms with Gasteiger partial charge in [-0.25, -0.2) is 0 Å². The van der Waals surface area contributed by atoms with Gasteiger partial charge in [-0.15, -0.1) is 24.0 Å². The highest BCUT2D eigenvalue weighted by atomic mass is 127. The predicted octanol–water partition coefficient (Wildman–Crippen LogP) is 3.28. The summed E-state index contributed by atoms with van der Waals surface area (Å²) in [5, 5.41) is 10.5. The Morgan fingerprint density at radius 3 is 2.58 bits per heavy atom. The minimum absolute atomic E-state index is 0. The van der Waals surface area contributed by atoms with E-state index in [0.29, 0.717) is 12.5 Å². The quantitative estimate of drug-likeness (QED) is 0.385. The summed E-state index contributed by atoms with van der Waals surface area (Å²) in [5.41, 5.74) is 1.09. The van der Waals surface area contributed by atoms with Crippen molar-refractivity contribution < 1.29 is 4.79 Å². The summed E-state index contributed by atoms with van der Waals surface area (Å²) in [4.78, 5) is 18.6. The van der Waals surface area contributed by atoms with E-state index in [2.05, 4.69) is 39.4 Å². The Labute approximate surface area is 167 Å². The molecule has 0 aliphatic rings. The molecule has 24 heavy (non-hydrogen) atoms. The van der Waals surface area contributed by atoms with Gasteiger partial charge in [0, 0.05) is 31.6 Å².